The molecule has 33 heavy (non-hydrogen) atoms. The molecule has 0 radical (unpaired) electrons. The first-order valence-electron chi connectivity index (χ1n) is 10.6. The van der Waals surface area contributed by atoms with Gasteiger partial charge in [0.05, 0.1) is 17.9 Å². The maximum atomic E-state index is 14.7. The Labute approximate surface area is 187 Å². The fraction of sp³-hybridized carbons (Fsp3) is 0.167. The minimum absolute atomic E-state index is 0.0278. The normalized spacial score (nSPS) is 14.6. The Hall–Kier alpha value is -4.14. The van der Waals surface area contributed by atoms with E-state index in [0.717, 1.165) is 24.0 Å². The van der Waals surface area contributed by atoms with Crippen LogP contribution in [0.1, 0.15) is 24.4 Å². The van der Waals surface area contributed by atoms with Gasteiger partial charge in [-0.2, -0.15) is 10.1 Å². The van der Waals surface area contributed by atoms with E-state index in [0.29, 0.717) is 22.8 Å². The van der Waals surface area contributed by atoms with Crippen molar-refractivity contribution in [2.45, 2.75) is 18.9 Å². The molecule has 0 aliphatic heterocycles. The number of nitrogens with zero attached hydrogens (tertiary/aromatic N) is 6. The smallest absolute Gasteiger partial charge is 0.240 e. The van der Waals surface area contributed by atoms with Crippen LogP contribution in [0.25, 0.3) is 28.2 Å². The zero-order valence-corrected chi connectivity index (χ0v) is 17.4. The molecule has 1 aliphatic rings. The van der Waals surface area contributed by atoms with Gasteiger partial charge in [-0.05, 0) is 60.7 Å². The van der Waals surface area contributed by atoms with Crippen molar-refractivity contribution in [3.8, 4) is 22.5 Å². The lowest BCUT2D eigenvalue weighted by Gasteiger charge is -2.17. The molecule has 1 aliphatic carbocycles. The molecule has 4 heterocycles. The molecular formula is C24H19F2N7. The van der Waals surface area contributed by atoms with Crippen molar-refractivity contribution < 1.29 is 8.78 Å². The van der Waals surface area contributed by atoms with Gasteiger partial charge in [0.1, 0.15) is 17.3 Å². The Morgan fingerprint density at radius 3 is 2.58 bits per heavy atom. The molecule has 0 saturated heterocycles. The zero-order chi connectivity index (χ0) is 22.5. The first-order valence-corrected chi connectivity index (χ1v) is 10.6. The Balaban J connectivity index is 1.36. The first-order chi connectivity index (χ1) is 16.0. The molecule has 7 nitrogen and oxygen atoms in total. The van der Waals surface area contributed by atoms with Crippen LogP contribution < -0.4 is 5.73 Å². The predicted octanol–water partition coefficient (Wildman–Crippen LogP) is 4.51. The highest BCUT2D eigenvalue weighted by atomic mass is 19.1. The lowest BCUT2D eigenvalue weighted by molar-refractivity contribution is 0.470. The van der Waals surface area contributed by atoms with E-state index in [1.165, 1.54) is 22.7 Å². The van der Waals surface area contributed by atoms with Crippen LogP contribution >= 0.6 is 0 Å². The van der Waals surface area contributed by atoms with Gasteiger partial charge in [0.25, 0.3) is 0 Å². The van der Waals surface area contributed by atoms with Crippen LogP contribution in [-0.2, 0) is 0 Å². The largest absolute Gasteiger partial charge is 0.366 e. The van der Waals surface area contributed by atoms with Crippen molar-refractivity contribution in [2.24, 2.45) is 5.92 Å². The summed E-state index contributed by atoms with van der Waals surface area (Å²) in [5, 5.41) is 8.62. The van der Waals surface area contributed by atoms with E-state index in [9.17, 15) is 8.78 Å². The quantitative estimate of drug-likeness (QED) is 0.432. The molecule has 0 bridgehead atoms. The molecule has 9 heteroatoms. The van der Waals surface area contributed by atoms with Gasteiger partial charge < -0.3 is 5.73 Å². The molecular weight excluding hydrogens is 424 g/mol. The molecule has 1 fully saturated rings. The maximum Gasteiger partial charge on any atom is 0.240 e. The number of rotatable bonds is 5. The molecule has 1 saturated carbocycles. The van der Waals surface area contributed by atoms with Crippen LogP contribution in [0.3, 0.4) is 0 Å². The highest BCUT2D eigenvalue weighted by molar-refractivity contribution is 5.68. The highest BCUT2D eigenvalue weighted by Crippen LogP contribution is 2.43. The highest BCUT2D eigenvalue weighted by Gasteiger charge is 2.34. The first kappa shape index (κ1) is 19.5. The van der Waals surface area contributed by atoms with E-state index in [1.807, 2.05) is 10.9 Å². The average Bonchev–Trinajstić information content (AvgIpc) is 3.39. The number of hydrogen-bond acceptors (Lipinski definition) is 5. The minimum Gasteiger partial charge on any atom is -0.366 e. The number of benzene rings is 1. The number of nitrogens with two attached hydrogens (primary N) is 1. The van der Waals surface area contributed by atoms with Crippen molar-refractivity contribution >= 4 is 11.6 Å². The summed E-state index contributed by atoms with van der Waals surface area (Å²) in [6.45, 7) is 0. The van der Waals surface area contributed by atoms with E-state index in [2.05, 4.69) is 20.2 Å². The summed E-state index contributed by atoms with van der Waals surface area (Å²) in [7, 11) is 0. The summed E-state index contributed by atoms with van der Waals surface area (Å²) >= 11 is 0. The van der Waals surface area contributed by atoms with E-state index in [-0.39, 0.29) is 23.5 Å². The van der Waals surface area contributed by atoms with Gasteiger partial charge in [0.2, 0.25) is 5.95 Å². The lowest BCUT2D eigenvalue weighted by atomic mass is 10.0. The van der Waals surface area contributed by atoms with Crippen molar-refractivity contribution in [2.75, 3.05) is 5.73 Å². The van der Waals surface area contributed by atoms with Crippen LogP contribution in [0, 0.1) is 17.6 Å². The summed E-state index contributed by atoms with van der Waals surface area (Å²) < 4.78 is 31.5. The molecule has 2 N–H and O–H groups in total. The molecule has 164 valence electrons. The average molecular weight is 443 g/mol. The third kappa shape index (κ3) is 3.61. The Kier molecular flexibility index (Phi) is 4.42. The Bertz CT molecular complexity index is 1470. The summed E-state index contributed by atoms with van der Waals surface area (Å²) in [5.74, 6) is -0.0926. The molecule has 4 aromatic heterocycles. The van der Waals surface area contributed by atoms with Gasteiger partial charge in [0, 0.05) is 23.5 Å². The number of pyridine rings is 2. The number of halogens is 2. The fourth-order valence-corrected chi connectivity index (χ4v) is 4.19. The van der Waals surface area contributed by atoms with Crippen molar-refractivity contribution in [1.82, 2.24) is 29.4 Å². The van der Waals surface area contributed by atoms with Crippen LogP contribution in [0.5, 0.6) is 0 Å². The molecule has 6 rings (SSSR count). The van der Waals surface area contributed by atoms with Crippen LogP contribution in [0.4, 0.5) is 14.7 Å². The SMILES string of the molecule is Nc1nc2cc(-c3nc(-c4cnn(C(c5ccc(F)cc5)C5CC5)c4)ccc3F)ccn2n1. The van der Waals surface area contributed by atoms with Crippen molar-refractivity contribution in [3.63, 3.8) is 0 Å². The second-order valence-corrected chi connectivity index (χ2v) is 8.26. The Morgan fingerprint density at radius 1 is 0.970 bits per heavy atom. The standard InChI is InChI=1S/C24H19F2N7/c25-18-5-3-15(4-6-18)23(14-1-2-14)33-13-17(12-28-33)20-8-7-19(26)22(29-20)16-9-10-32-21(11-16)30-24(27)31-32/h3-14,23H,1-2H2,(H2,27,31). The molecule has 5 aromatic rings. The summed E-state index contributed by atoms with van der Waals surface area (Å²) in [5.41, 5.74) is 9.34. The van der Waals surface area contributed by atoms with Gasteiger partial charge in [-0.3, -0.25) is 4.68 Å². The third-order valence-electron chi connectivity index (χ3n) is 5.94. The van der Waals surface area contributed by atoms with Crippen LogP contribution in [-0.4, -0.2) is 29.4 Å². The summed E-state index contributed by atoms with van der Waals surface area (Å²) in [6.07, 6.45) is 7.52. The van der Waals surface area contributed by atoms with E-state index in [1.54, 1.807) is 42.7 Å². The molecule has 1 unspecified atom stereocenters. The van der Waals surface area contributed by atoms with Gasteiger partial charge >= 0.3 is 0 Å². The number of nitrogen functional groups attached to an aromatic ring is 1. The second kappa shape index (κ2) is 7.47. The van der Waals surface area contributed by atoms with Gasteiger partial charge in [-0.15, -0.1) is 5.10 Å². The number of aromatic nitrogens is 6. The van der Waals surface area contributed by atoms with E-state index >= 15 is 0 Å². The van der Waals surface area contributed by atoms with E-state index < -0.39 is 5.82 Å². The van der Waals surface area contributed by atoms with Crippen LogP contribution in [0.2, 0.25) is 0 Å². The lowest BCUT2D eigenvalue weighted by Crippen LogP contribution is -2.13. The van der Waals surface area contributed by atoms with Crippen molar-refractivity contribution in [1.29, 1.82) is 0 Å². The molecule has 0 spiro atoms. The van der Waals surface area contributed by atoms with Gasteiger partial charge in [0.15, 0.2) is 5.65 Å². The van der Waals surface area contributed by atoms with E-state index in [4.69, 9.17) is 5.73 Å². The summed E-state index contributed by atoms with van der Waals surface area (Å²) in [6, 6.07) is 13.0. The molecule has 1 aromatic carbocycles. The predicted molar refractivity (Wildman–Crippen MR) is 119 cm³/mol. The van der Waals surface area contributed by atoms with Gasteiger partial charge in [-0.25, -0.2) is 18.3 Å². The number of hydrogen-bond donors (Lipinski definition) is 1. The molecule has 1 atom stereocenters. The van der Waals surface area contributed by atoms with Crippen molar-refractivity contribution in [3.05, 3.63) is 84.3 Å². The van der Waals surface area contributed by atoms with Crippen LogP contribution in [0.15, 0.2) is 67.1 Å². The monoisotopic (exact) mass is 443 g/mol. The fourth-order valence-electron chi connectivity index (χ4n) is 4.19. The second-order valence-electron chi connectivity index (χ2n) is 8.26. The Morgan fingerprint density at radius 2 is 1.79 bits per heavy atom. The number of fused-ring (bicyclic) bond motifs is 1. The molecule has 0 amide bonds. The maximum absolute atomic E-state index is 14.7. The minimum atomic E-state index is -0.440. The summed E-state index contributed by atoms with van der Waals surface area (Å²) in [4.78, 5) is 8.71. The third-order valence-corrected chi connectivity index (χ3v) is 5.94. The number of anilines is 1. The van der Waals surface area contributed by atoms with Gasteiger partial charge in [-0.1, -0.05) is 12.1 Å². The zero-order valence-electron chi connectivity index (χ0n) is 17.4. The topological polar surface area (TPSA) is 86.9 Å².